The van der Waals surface area contributed by atoms with Gasteiger partial charge in [0.25, 0.3) is 10.1 Å². The fourth-order valence-electron chi connectivity index (χ4n) is 1.55. The smallest absolute Gasteiger partial charge is 0.264 e. The number of ether oxygens (including phenoxy) is 3. The van der Waals surface area contributed by atoms with E-state index in [1.165, 1.54) is 0 Å². The van der Waals surface area contributed by atoms with Crippen LogP contribution in [-0.4, -0.2) is 54.0 Å². The van der Waals surface area contributed by atoms with E-state index in [1.54, 1.807) is 0 Å². The van der Waals surface area contributed by atoms with Crippen LogP contribution in [0.25, 0.3) is 0 Å². The Morgan fingerprint density at radius 1 is 1.17 bits per heavy atom. The van der Waals surface area contributed by atoms with Gasteiger partial charge >= 0.3 is 0 Å². The van der Waals surface area contributed by atoms with E-state index in [9.17, 15) is 8.42 Å². The molecule has 0 saturated carbocycles. The van der Waals surface area contributed by atoms with Crippen LogP contribution in [0.5, 0.6) is 0 Å². The van der Waals surface area contributed by atoms with Gasteiger partial charge in [0.2, 0.25) is 0 Å². The van der Waals surface area contributed by atoms with Gasteiger partial charge in [0.1, 0.15) is 0 Å². The number of rotatable bonds is 9. The Hall–Kier alpha value is -0.210. The first-order valence-electron chi connectivity index (χ1n) is 6.23. The molecule has 1 rings (SSSR count). The van der Waals surface area contributed by atoms with Crippen molar-refractivity contribution in [1.29, 1.82) is 0 Å². The highest BCUT2D eigenvalue weighted by Crippen LogP contribution is 2.13. The molecule has 0 aromatic heterocycles. The summed E-state index contributed by atoms with van der Waals surface area (Å²) in [6.07, 6.45) is 4.70. The molecule has 0 aromatic rings. The standard InChI is InChI=1S/C11H22O6S/c1-18(12,13)17-8-4-6-14-9-10-16-11-5-2-3-7-15-11/h11H,2-10H2,1H3. The molecule has 0 N–H and O–H groups in total. The molecule has 1 unspecified atom stereocenters. The molecule has 0 amide bonds. The van der Waals surface area contributed by atoms with Crippen LogP contribution in [-0.2, 0) is 28.5 Å². The topological polar surface area (TPSA) is 71.1 Å². The van der Waals surface area contributed by atoms with Crippen LogP contribution < -0.4 is 0 Å². The zero-order valence-corrected chi connectivity index (χ0v) is 11.6. The highest BCUT2D eigenvalue weighted by atomic mass is 32.2. The fourth-order valence-corrected chi connectivity index (χ4v) is 1.98. The lowest BCUT2D eigenvalue weighted by atomic mass is 10.2. The first kappa shape index (κ1) is 15.8. The molecular formula is C11H22O6S. The Bertz CT molecular complexity index is 297. The Kier molecular flexibility index (Phi) is 7.76. The molecule has 1 aliphatic rings. The van der Waals surface area contributed by atoms with Gasteiger partial charge < -0.3 is 14.2 Å². The summed E-state index contributed by atoms with van der Waals surface area (Å²) in [4.78, 5) is 0. The van der Waals surface area contributed by atoms with Crippen LogP contribution in [0.1, 0.15) is 25.7 Å². The molecule has 7 heteroatoms. The first-order chi connectivity index (χ1) is 8.58. The molecule has 1 fully saturated rings. The normalized spacial score (nSPS) is 21.1. The maximum absolute atomic E-state index is 10.6. The van der Waals surface area contributed by atoms with E-state index < -0.39 is 10.1 Å². The molecule has 1 saturated heterocycles. The van der Waals surface area contributed by atoms with Crippen LogP contribution in [0.15, 0.2) is 0 Å². The maximum Gasteiger partial charge on any atom is 0.264 e. The number of hydrogen-bond donors (Lipinski definition) is 0. The van der Waals surface area contributed by atoms with E-state index >= 15 is 0 Å². The SMILES string of the molecule is CS(=O)(=O)OCCCOCCOC1CCCCO1. The average molecular weight is 282 g/mol. The lowest BCUT2D eigenvalue weighted by Gasteiger charge is -2.22. The van der Waals surface area contributed by atoms with Crippen molar-refractivity contribution in [3.05, 3.63) is 0 Å². The fraction of sp³-hybridized carbons (Fsp3) is 1.00. The summed E-state index contributed by atoms with van der Waals surface area (Å²) >= 11 is 0. The van der Waals surface area contributed by atoms with Crippen LogP contribution in [0.3, 0.4) is 0 Å². The Labute approximate surface area is 109 Å². The van der Waals surface area contributed by atoms with Crippen molar-refractivity contribution in [2.45, 2.75) is 32.0 Å². The van der Waals surface area contributed by atoms with Gasteiger partial charge in [-0.25, -0.2) is 0 Å². The van der Waals surface area contributed by atoms with Crippen LogP contribution in [0, 0.1) is 0 Å². The summed E-state index contributed by atoms with van der Waals surface area (Å²) in [6, 6.07) is 0. The minimum Gasteiger partial charge on any atom is -0.379 e. The Balaban J connectivity index is 1.83. The minimum atomic E-state index is -3.33. The lowest BCUT2D eigenvalue weighted by Crippen LogP contribution is -2.24. The van der Waals surface area contributed by atoms with Gasteiger partial charge in [0.15, 0.2) is 6.29 Å². The van der Waals surface area contributed by atoms with E-state index in [-0.39, 0.29) is 12.9 Å². The van der Waals surface area contributed by atoms with Crippen molar-refractivity contribution >= 4 is 10.1 Å². The molecule has 0 spiro atoms. The summed E-state index contributed by atoms with van der Waals surface area (Å²) in [5.41, 5.74) is 0. The van der Waals surface area contributed by atoms with Gasteiger partial charge in [-0.05, 0) is 25.7 Å². The number of hydrogen-bond acceptors (Lipinski definition) is 6. The van der Waals surface area contributed by atoms with Crippen molar-refractivity contribution in [2.24, 2.45) is 0 Å². The van der Waals surface area contributed by atoms with Gasteiger partial charge in [0, 0.05) is 13.2 Å². The van der Waals surface area contributed by atoms with E-state index in [0.29, 0.717) is 26.2 Å². The van der Waals surface area contributed by atoms with E-state index in [1.807, 2.05) is 0 Å². The van der Waals surface area contributed by atoms with E-state index in [4.69, 9.17) is 14.2 Å². The molecular weight excluding hydrogens is 260 g/mol. The Morgan fingerprint density at radius 2 is 2.00 bits per heavy atom. The van der Waals surface area contributed by atoms with Crippen LogP contribution >= 0.6 is 0 Å². The average Bonchev–Trinajstić information content (AvgIpc) is 2.32. The summed E-state index contributed by atoms with van der Waals surface area (Å²) < 4.78 is 42.0. The summed E-state index contributed by atoms with van der Waals surface area (Å²) in [6.45, 7) is 2.38. The largest absolute Gasteiger partial charge is 0.379 e. The second kappa shape index (κ2) is 8.82. The summed E-state index contributed by atoms with van der Waals surface area (Å²) in [5, 5.41) is 0. The van der Waals surface area contributed by atoms with Crippen LogP contribution in [0.2, 0.25) is 0 Å². The third-order valence-electron chi connectivity index (χ3n) is 2.40. The summed E-state index contributed by atoms with van der Waals surface area (Å²) in [5.74, 6) is 0. The summed E-state index contributed by atoms with van der Waals surface area (Å²) in [7, 11) is -3.33. The molecule has 6 nitrogen and oxygen atoms in total. The zero-order chi connectivity index (χ0) is 13.3. The molecule has 1 aliphatic heterocycles. The lowest BCUT2D eigenvalue weighted by molar-refractivity contribution is -0.169. The molecule has 1 heterocycles. The predicted octanol–water partition coefficient (Wildman–Crippen LogP) is 0.912. The van der Waals surface area contributed by atoms with Gasteiger partial charge in [-0.2, -0.15) is 8.42 Å². The third kappa shape index (κ3) is 8.82. The second-order valence-electron chi connectivity index (χ2n) is 4.16. The molecule has 18 heavy (non-hydrogen) atoms. The van der Waals surface area contributed by atoms with Gasteiger partial charge in [-0.3, -0.25) is 4.18 Å². The van der Waals surface area contributed by atoms with Crippen molar-refractivity contribution in [3.8, 4) is 0 Å². The molecule has 0 aliphatic carbocycles. The van der Waals surface area contributed by atoms with Crippen molar-refractivity contribution in [1.82, 2.24) is 0 Å². The second-order valence-corrected chi connectivity index (χ2v) is 5.80. The van der Waals surface area contributed by atoms with E-state index in [2.05, 4.69) is 4.18 Å². The zero-order valence-electron chi connectivity index (χ0n) is 10.8. The van der Waals surface area contributed by atoms with E-state index in [0.717, 1.165) is 32.1 Å². The van der Waals surface area contributed by atoms with Crippen LogP contribution in [0.4, 0.5) is 0 Å². The molecule has 108 valence electrons. The van der Waals surface area contributed by atoms with Gasteiger partial charge in [-0.15, -0.1) is 0 Å². The Morgan fingerprint density at radius 3 is 2.67 bits per heavy atom. The molecule has 0 radical (unpaired) electrons. The van der Waals surface area contributed by atoms with Crippen molar-refractivity contribution in [2.75, 3.05) is 39.3 Å². The monoisotopic (exact) mass is 282 g/mol. The highest BCUT2D eigenvalue weighted by molar-refractivity contribution is 7.85. The molecule has 0 aromatic carbocycles. The minimum absolute atomic E-state index is 0.0871. The van der Waals surface area contributed by atoms with Gasteiger partial charge in [-0.1, -0.05) is 0 Å². The molecule has 1 atom stereocenters. The maximum atomic E-state index is 10.6. The highest BCUT2D eigenvalue weighted by Gasteiger charge is 2.13. The quantitative estimate of drug-likeness (QED) is 0.462. The molecule has 0 bridgehead atoms. The third-order valence-corrected chi connectivity index (χ3v) is 2.99. The van der Waals surface area contributed by atoms with Gasteiger partial charge in [0.05, 0.1) is 26.1 Å². The van der Waals surface area contributed by atoms with Crippen molar-refractivity contribution in [3.63, 3.8) is 0 Å². The van der Waals surface area contributed by atoms with Crippen molar-refractivity contribution < 1.29 is 26.8 Å². The predicted molar refractivity (Wildman–Crippen MR) is 65.8 cm³/mol. The first-order valence-corrected chi connectivity index (χ1v) is 8.05.